The maximum absolute atomic E-state index is 11.9. The summed E-state index contributed by atoms with van der Waals surface area (Å²) >= 11 is 0. The highest BCUT2D eigenvalue weighted by molar-refractivity contribution is 5.93. The van der Waals surface area contributed by atoms with Crippen LogP contribution in [0, 0.1) is 6.92 Å². The zero-order valence-electron chi connectivity index (χ0n) is 11.6. The Hall–Kier alpha value is -2.77. The Kier molecular flexibility index (Phi) is 4.27. The van der Waals surface area contributed by atoms with Crippen LogP contribution in [-0.4, -0.2) is 43.2 Å². The molecule has 2 aromatic rings. The van der Waals surface area contributed by atoms with Crippen molar-refractivity contribution in [3.05, 3.63) is 41.2 Å². The van der Waals surface area contributed by atoms with Crippen LogP contribution in [0.4, 0.5) is 0 Å². The Morgan fingerprint density at radius 1 is 1.33 bits per heavy atom. The molecule has 0 saturated heterocycles. The molecule has 0 aliphatic rings. The molecule has 1 aromatic heterocycles. The highest BCUT2D eigenvalue weighted by Crippen LogP contribution is 2.07. The zero-order chi connectivity index (χ0) is 15.4. The lowest BCUT2D eigenvalue weighted by Gasteiger charge is -2.14. The van der Waals surface area contributed by atoms with Gasteiger partial charge in [0.25, 0.3) is 5.91 Å². The number of carbonyl (C=O) groups is 2. The highest BCUT2D eigenvalue weighted by Gasteiger charge is 2.23. The number of aromatic nitrogens is 4. The van der Waals surface area contributed by atoms with Gasteiger partial charge < -0.3 is 10.4 Å². The van der Waals surface area contributed by atoms with Crippen molar-refractivity contribution in [3.8, 4) is 0 Å². The minimum Gasteiger partial charge on any atom is -0.480 e. The lowest BCUT2D eigenvalue weighted by Crippen LogP contribution is -2.43. The minimum absolute atomic E-state index is 0.0369. The number of nitrogens with zero attached hydrogens (tertiary/aromatic N) is 4. The number of tetrazole rings is 1. The molecule has 1 amide bonds. The predicted molar refractivity (Wildman–Crippen MR) is 72.6 cm³/mol. The highest BCUT2D eigenvalue weighted by atomic mass is 16.4. The Bertz CT molecular complexity index is 650. The average Bonchev–Trinajstić information content (AvgIpc) is 2.86. The molecule has 2 N–H and O–H groups in total. The van der Waals surface area contributed by atoms with Crippen LogP contribution in [0.2, 0.25) is 0 Å². The zero-order valence-corrected chi connectivity index (χ0v) is 11.6. The maximum atomic E-state index is 11.9. The van der Waals surface area contributed by atoms with Crippen molar-refractivity contribution in [2.24, 2.45) is 7.05 Å². The molecular weight excluding hydrogens is 274 g/mol. The summed E-state index contributed by atoms with van der Waals surface area (Å²) in [6.07, 6.45) is 0.187. The SMILES string of the molecule is Cc1ccc(CC(NC(=O)c2nnnn2C)C(=O)O)cc1. The summed E-state index contributed by atoms with van der Waals surface area (Å²) in [6, 6.07) is 6.41. The molecule has 0 fully saturated rings. The number of rotatable bonds is 5. The van der Waals surface area contributed by atoms with Crippen LogP contribution in [0.25, 0.3) is 0 Å². The Morgan fingerprint density at radius 2 is 2.00 bits per heavy atom. The first kappa shape index (κ1) is 14.6. The average molecular weight is 289 g/mol. The molecule has 0 radical (unpaired) electrons. The fourth-order valence-corrected chi connectivity index (χ4v) is 1.80. The summed E-state index contributed by atoms with van der Waals surface area (Å²) in [5.41, 5.74) is 1.91. The van der Waals surface area contributed by atoms with Gasteiger partial charge in [-0.1, -0.05) is 29.8 Å². The van der Waals surface area contributed by atoms with E-state index in [1.807, 2.05) is 31.2 Å². The summed E-state index contributed by atoms with van der Waals surface area (Å²) in [7, 11) is 1.50. The summed E-state index contributed by atoms with van der Waals surface area (Å²) in [5, 5.41) is 22.1. The fraction of sp³-hybridized carbons (Fsp3) is 0.308. The van der Waals surface area contributed by atoms with Crippen LogP contribution >= 0.6 is 0 Å². The molecule has 1 heterocycles. The summed E-state index contributed by atoms with van der Waals surface area (Å²) in [5.74, 6) is -1.77. The van der Waals surface area contributed by atoms with Crippen molar-refractivity contribution in [2.75, 3.05) is 0 Å². The van der Waals surface area contributed by atoms with Gasteiger partial charge in [0, 0.05) is 13.5 Å². The van der Waals surface area contributed by atoms with Gasteiger partial charge in [-0.2, -0.15) is 0 Å². The van der Waals surface area contributed by atoms with Crippen LogP contribution in [0.3, 0.4) is 0 Å². The van der Waals surface area contributed by atoms with E-state index in [0.717, 1.165) is 11.1 Å². The van der Waals surface area contributed by atoms with E-state index in [1.165, 1.54) is 11.7 Å². The molecule has 0 saturated carbocycles. The molecule has 1 aromatic carbocycles. The van der Waals surface area contributed by atoms with E-state index in [2.05, 4.69) is 20.8 Å². The number of hydrogen-bond acceptors (Lipinski definition) is 5. The third-order valence-corrected chi connectivity index (χ3v) is 2.99. The summed E-state index contributed by atoms with van der Waals surface area (Å²) < 4.78 is 1.18. The number of nitrogens with one attached hydrogen (secondary N) is 1. The standard InChI is InChI=1S/C13H15N5O3/c1-8-3-5-9(6-4-8)7-10(13(20)21)14-12(19)11-15-16-17-18(11)2/h3-6,10H,7H2,1-2H3,(H,14,19)(H,20,21). The summed E-state index contributed by atoms with van der Waals surface area (Å²) in [4.78, 5) is 23.2. The smallest absolute Gasteiger partial charge is 0.326 e. The lowest BCUT2D eigenvalue weighted by molar-refractivity contribution is -0.139. The third kappa shape index (κ3) is 3.62. The largest absolute Gasteiger partial charge is 0.480 e. The van der Waals surface area contributed by atoms with Crippen LogP contribution in [0.15, 0.2) is 24.3 Å². The van der Waals surface area contributed by atoms with Crippen molar-refractivity contribution >= 4 is 11.9 Å². The van der Waals surface area contributed by atoms with E-state index < -0.39 is 17.9 Å². The molecule has 110 valence electrons. The van der Waals surface area contributed by atoms with Gasteiger partial charge in [-0.25, -0.2) is 9.48 Å². The van der Waals surface area contributed by atoms with Crippen molar-refractivity contribution in [2.45, 2.75) is 19.4 Å². The van der Waals surface area contributed by atoms with Crippen molar-refractivity contribution in [3.63, 3.8) is 0 Å². The van der Waals surface area contributed by atoms with Crippen LogP contribution < -0.4 is 5.32 Å². The number of aryl methyl sites for hydroxylation is 2. The molecule has 21 heavy (non-hydrogen) atoms. The molecule has 8 heteroatoms. The van der Waals surface area contributed by atoms with Crippen LogP contribution in [0.1, 0.15) is 21.7 Å². The Morgan fingerprint density at radius 3 is 2.52 bits per heavy atom. The van der Waals surface area contributed by atoms with Gasteiger partial charge in [-0.15, -0.1) is 5.10 Å². The number of carboxylic acid groups (broad SMARTS) is 1. The van der Waals surface area contributed by atoms with Crippen molar-refractivity contribution < 1.29 is 14.7 Å². The van der Waals surface area contributed by atoms with Gasteiger partial charge in [0.15, 0.2) is 0 Å². The predicted octanol–water partition coefficient (Wildman–Crippen LogP) is -0.0558. The molecule has 0 spiro atoms. The number of carbonyl (C=O) groups excluding carboxylic acids is 1. The van der Waals surface area contributed by atoms with Crippen molar-refractivity contribution in [1.82, 2.24) is 25.5 Å². The molecule has 2 rings (SSSR count). The fourth-order valence-electron chi connectivity index (χ4n) is 1.80. The molecule has 0 aliphatic heterocycles. The van der Waals surface area contributed by atoms with E-state index in [-0.39, 0.29) is 12.2 Å². The van der Waals surface area contributed by atoms with Crippen LogP contribution in [0.5, 0.6) is 0 Å². The summed E-state index contributed by atoms with van der Waals surface area (Å²) in [6.45, 7) is 1.95. The number of aliphatic carboxylic acids is 1. The number of carboxylic acids is 1. The van der Waals surface area contributed by atoms with Crippen molar-refractivity contribution in [1.29, 1.82) is 0 Å². The van der Waals surface area contributed by atoms with E-state index >= 15 is 0 Å². The molecule has 1 atom stereocenters. The molecule has 1 unspecified atom stereocenters. The van der Waals surface area contributed by atoms with E-state index in [1.54, 1.807) is 0 Å². The number of amides is 1. The monoisotopic (exact) mass is 289 g/mol. The molecular formula is C13H15N5O3. The van der Waals surface area contributed by atoms with Crippen LogP contribution in [-0.2, 0) is 18.3 Å². The van der Waals surface area contributed by atoms with E-state index in [0.29, 0.717) is 0 Å². The second-order valence-corrected chi connectivity index (χ2v) is 4.68. The quantitative estimate of drug-likeness (QED) is 0.798. The molecule has 0 aliphatic carbocycles. The maximum Gasteiger partial charge on any atom is 0.326 e. The van der Waals surface area contributed by atoms with Gasteiger partial charge >= 0.3 is 5.97 Å². The topological polar surface area (TPSA) is 110 Å². The number of hydrogen-bond donors (Lipinski definition) is 2. The lowest BCUT2D eigenvalue weighted by atomic mass is 10.0. The Balaban J connectivity index is 2.09. The van der Waals surface area contributed by atoms with E-state index in [9.17, 15) is 14.7 Å². The second kappa shape index (κ2) is 6.12. The van der Waals surface area contributed by atoms with Gasteiger partial charge in [-0.05, 0) is 22.9 Å². The van der Waals surface area contributed by atoms with Gasteiger partial charge in [0.05, 0.1) is 0 Å². The van der Waals surface area contributed by atoms with E-state index in [4.69, 9.17) is 0 Å². The van der Waals surface area contributed by atoms with Gasteiger partial charge in [0.1, 0.15) is 6.04 Å². The Labute approximate surface area is 120 Å². The third-order valence-electron chi connectivity index (χ3n) is 2.99. The molecule has 0 bridgehead atoms. The minimum atomic E-state index is -1.11. The second-order valence-electron chi connectivity index (χ2n) is 4.68. The van der Waals surface area contributed by atoms with Gasteiger partial charge in [-0.3, -0.25) is 4.79 Å². The first-order chi connectivity index (χ1) is 9.97. The van der Waals surface area contributed by atoms with Gasteiger partial charge in [0.2, 0.25) is 5.82 Å². The molecule has 8 nitrogen and oxygen atoms in total. The first-order valence-corrected chi connectivity index (χ1v) is 6.29. The normalized spacial score (nSPS) is 11.9. The number of benzene rings is 1. The first-order valence-electron chi connectivity index (χ1n) is 6.29.